The number of carbonyl (C=O) groups is 1. The van der Waals surface area contributed by atoms with Crippen LogP contribution < -0.4 is 0 Å². The molecular weight excluding hydrogens is 342 g/mol. The van der Waals surface area contributed by atoms with Gasteiger partial charge in [0, 0.05) is 45.2 Å². The van der Waals surface area contributed by atoms with E-state index in [1.165, 1.54) is 25.7 Å². The summed E-state index contributed by atoms with van der Waals surface area (Å²) in [6, 6.07) is 0.615. The van der Waals surface area contributed by atoms with E-state index in [2.05, 4.69) is 24.9 Å². The number of likely N-dealkylation sites (tertiary alicyclic amines) is 3. The minimum atomic E-state index is 0.223. The van der Waals surface area contributed by atoms with Crippen LogP contribution in [0.1, 0.15) is 57.2 Å². The SMILES string of the molecule is CCc1nnc(CN2CCC(N3CCCC(C(=O)N4CCCC4)C3)CC2)o1. The molecule has 7 heteroatoms. The Bertz CT molecular complexity index is 620. The summed E-state index contributed by atoms with van der Waals surface area (Å²) in [6.07, 6.45) is 7.72. The summed E-state index contributed by atoms with van der Waals surface area (Å²) in [5.74, 6) is 2.10. The van der Waals surface area contributed by atoms with E-state index in [0.717, 1.165) is 76.9 Å². The summed E-state index contributed by atoms with van der Waals surface area (Å²) in [5, 5.41) is 8.20. The second-order valence-corrected chi connectivity index (χ2v) is 8.32. The van der Waals surface area contributed by atoms with Crippen molar-refractivity contribution in [3.63, 3.8) is 0 Å². The molecule has 0 radical (unpaired) electrons. The Kier molecular flexibility index (Phi) is 6.08. The Hall–Kier alpha value is -1.47. The summed E-state index contributed by atoms with van der Waals surface area (Å²) < 4.78 is 5.65. The van der Waals surface area contributed by atoms with Gasteiger partial charge in [-0.15, -0.1) is 10.2 Å². The van der Waals surface area contributed by atoms with Gasteiger partial charge in [-0.25, -0.2) is 0 Å². The molecular formula is C20H33N5O2. The van der Waals surface area contributed by atoms with E-state index in [1.54, 1.807) is 0 Å². The Morgan fingerprint density at radius 2 is 1.74 bits per heavy atom. The molecule has 3 aliphatic rings. The van der Waals surface area contributed by atoms with Crippen LogP contribution in [0.15, 0.2) is 4.42 Å². The number of nitrogens with zero attached hydrogens (tertiary/aromatic N) is 5. The van der Waals surface area contributed by atoms with Gasteiger partial charge in [-0.1, -0.05) is 6.92 Å². The van der Waals surface area contributed by atoms with Crippen LogP contribution in [-0.4, -0.2) is 76.1 Å². The zero-order valence-corrected chi connectivity index (χ0v) is 16.6. The molecule has 4 heterocycles. The highest BCUT2D eigenvalue weighted by Crippen LogP contribution is 2.26. The quantitative estimate of drug-likeness (QED) is 0.784. The van der Waals surface area contributed by atoms with Gasteiger partial charge in [0.05, 0.1) is 12.5 Å². The Balaban J connectivity index is 1.25. The highest BCUT2D eigenvalue weighted by Gasteiger charge is 2.34. The van der Waals surface area contributed by atoms with Gasteiger partial charge in [-0.2, -0.15) is 0 Å². The first kappa shape index (κ1) is 18.9. The first-order valence-corrected chi connectivity index (χ1v) is 10.8. The first-order chi connectivity index (χ1) is 13.2. The minimum Gasteiger partial charge on any atom is -0.424 e. The normalized spacial score (nSPS) is 26.0. The molecule has 3 fully saturated rings. The molecule has 7 nitrogen and oxygen atoms in total. The third-order valence-electron chi connectivity index (χ3n) is 6.46. The molecule has 0 bridgehead atoms. The van der Waals surface area contributed by atoms with Crippen LogP contribution in [0.5, 0.6) is 0 Å². The van der Waals surface area contributed by atoms with Crippen molar-refractivity contribution < 1.29 is 9.21 Å². The van der Waals surface area contributed by atoms with Gasteiger partial charge >= 0.3 is 0 Å². The van der Waals surface area contributed by atoms with Crippen LogP contribution in [0, 0.1) is 5.92 Å². The summed E-state index contributed by atoms with van der Waals surface area (Å²) in [5.41, 5.74) is 0. The van der Waals surface area contributed by atoms with Crippen molar-refractivity contribution in [2.24, 2.45) is 5.92 Å². The molecule has 3 aliphatic heterocycles. The molecule has 1 aromatic rings. The predicted molar refractivity (Wildman–Crippen MR) is 102 cm³/mol. The maximum Gasteiger partial charge on any atom is 0.230 e. The van der Waals surface area contributed by atoms with E-state index < -0.39 is 0 Å². The molecule has 0 N–H and O–H groups in total. The number of rotatable bonds is 5. The number of piperidine rings is 2. The highest BCUT2D eigenvalue weighted by molar-refractivity contribution is 5.79. The monoisotopic (exact) mass is 375 g/mol. The van der Waals surface area contributed by atoms with E-state index in [0.29, 0.717) is 11.9 Å². The van der Waals surface area contributed by atoms with Crippen molar-refractivity contribution in [1.82, 2.24) is 24.9 Å². The van der Waals surface area contributed by atoms with Crippen molar-refractivity contribution >= 4 is 5.91 Å². The van der Waals surface area contributed by atoms with Crippen LogP contribution in [0.3, 0.4) is 0 Å². The van der Waals surface area contributed by atoms with Crippen molar-refractivity contribution in [3.8, 4) is 0 Å². The van der Waals surface area contributed by atoms with E-state index >= 15 is 0 Å². The van der Waals surface area contributed by atoms with E-state index in [4.69, 9.17) is 4.42 Å². The van der Waals surface area contributed by atoms with Crippen LogP contribution >= 0.6 is 0 Å². The predicted octanol–water partition coefficient (Wildman–Crippen LogP) is 1.93. The second kappa shape index (κ2) is 8.69. The fourth-order valence-corrected chi connectivity index (χ4v) is 4.86. The highest BCUT2D eigenvalue weighted by atomic mass is 16.4. The fraction of sp³-hybridized carbons (Fsp3) is 0.850. The van der Waals surface area contributed by atoms with Gasteiger partial charge < -0.3 is 9.32 Å². The fourth-order valence-electron chi connectivity index (χ4n) is 4.86. The number of carbonyl (C=O) groups excluding carboxylic acids is 1. The molecule has 0 aromatic carbocycles. The molecule has 1 amide bonds. The molecule has 1 atom stereocenters. The number of aryl methyl sites for hydroxylation is 1. The van der Waals surface area contributed by atoms with Crippen LogP contribution in [0.25, 0.3) is 0 Å². The smallest absolute Gasteiger partial charge is 0.230 e. The van der Waals surface area contributed by atoms with Crippen LogP contribution in [0.2, 0.25) is 0 Å². The summed E-state index contributed by atoms with van der Waals surface area (Å²) in [7, 11) is 0. The summed E-state index contributed by atoms with van der Waals surface area (Å²) in [4.78, 5) is 19.9. The zero-order chi connectivity index (χ0) is 18.6. The third-order valence-corrected chi connectivity index (χ3v) is 6.46. The molecule has 150 valence electrons. The lowest BCUT2D eigenvalue weighted by Crippen LogP contribution is -2.51. The van der Waals surface area contributed by atoms with Crippen LogP contribution in [-0.2, 0) is 17.8 Å². The second-order valence-electron chi connectivity index (χ2n) is 8.32. The van der Waals surface area contributed by atoms with Crippen molar-refractivity contribution in [3.05, 3.63) is 11.8 Å². The largest absolute Gasteiger partial charge is 0.424 e. The molecule has 0 spiro atoms. The number of hydrogen-bond acceptors (Lipinski definition) is 6. The van der Waals surface area contributed by atoms with Gasteiger partial charge in [0.1, 0.15) is 0 Å². The van der Waals surface area contributed by atoms with Crippen molar-refractivity contribution in [2.75, 3.05) is 39.3 Å². The lowest BCUT2D eigenvalue weighted by Gasteiger charge is -2.42. The molecule has 0 aliphatic carbocycles. The number of amides is 1. The Morgan fingerprint density at radius 3 is 2.44 bits per heavy atom. The zero-order valence-electron chi connectivity index (χ0n) is 16.6. The average Bonchev–Trinajstić information content (AvgIpc) is 3.40. The van der Waals surface area contributed by atoms with E-state index in [1.807, 2.05) is 6.92 Å². The third kappa shape index (κ3) is 4.51. The molecule has 4 rings (SSSR count). The Labute approximate surface area is 162 Å². The van der Waals surface area contributed by atoms with Gasteiger partial charge in [-0.3, -0.25) is 14.6 Å². The maximum atomic E-state index is 12.8. The van der Waals surface area contributed by atoms with Gasteiger partial charge in [-0.05, 0) is 45.1 Å². The topological polar surface area (TPSA) is 65.7 Å². The number of aromatic nitrogens is 2. The molecule has 0 saturated carbocycles. The number of hydrogen-bond donors (Lipinski definition) is 0. The standard InChI is InChI=1S/C20H33N5O2/c1-2-18-21-22-19(27-18)15-23-12-7-17(8-13-23)25-11-5-6-16(14-25)20(26)24-9-3-4-10-24/h16-17H,2-15H2,1H3. The van der Waals surface area contributed by atoms with E-state index in [-0.39, 0.29) is 5.92 Å². The lowest BCUT2D eigenvalue weighted by molar-refractivity contribution is -0.136. The van der Waals surface area contributed by atoms with Gasteiger partial charge in [0.25, 0.3) is 0 Å². The van der Waals surface area contributed by atoms with Gasteiger partial charge in [0.15, 0.2) is 0 Å². The van der Waals surface area contributed by atoms with Crippen LogP contribution in [0.4, 0.5) is 0 Å². The Morgan fingerprint density at radius 1 is 1.00 bits per heavy atom. The molecule has 27 heavy (non-hydrogen) atoms. The van der Waals surface area contributed by atoms with E-state index in [9.17, 15) is 4.79 Å². The molecule has 1 unspecified atom stereocenters. The molecule has 3 saturated heterocycles. The summed E-state index contributed by atoms with van der Waals surface area (Å²) in [6.45, 7) is 8.98. The summed E-state index contributed by atoms with van der Waals surface area (Å²) >= 11 is 0. The first-order valence-electron chi connectivity index (χ1n) is 10.8. The maximum absolute atomic E-state index is 12.8. The van der Waals surface area contributed by atoms with Gasteiger partial charge in [0.2, 0.25) is 17.7 Å². The minimum absolute atomic E-state index is 0.223. The lowest BCUT2D eigenvalue weighted by atomic mass is 9.93. The molecule has 1 aromatic heterocycles. The van der Waals surface area contributed by atoms with Crippen molar-refractivity contribution in [2.45, 2.75) is 64.5 Å². The average molecular weight is 376 g/mol. The van der Waals surface area contributed by atoms with Crippen molar-refractivity contribution in [1.29, 1.82) is 0 Å².